The molecule has 0 aliphatic carbocycles. The monoisotopic (exact) mass is 479 g/mol. The summed E-state index contributed by atoms with van der Waals surface area (Å²) in [6.07, 6.45) is 1.99. The summed E-state index contributed by atoms with van der Waals surface area (Å²) in [5.74, 6) is 0.233. The van der Waals surface area contributed by atoms with Crippen LogP contribution in [-0.4, -0.2) is 73.3 Å². The van der Waals surface area contributed by atoms with Crippen LogP contribution in [-0.2, 0) is 4.79 Å². The van der Waals surface area contributed by atoms with Gasteiger partial charge in [-0.2, -0.15) is 0 Å². The Morgan fingerprint density at radius 1 is 0.943 bits per heavy atom. The highest BCUT2D eigenvalue weighted by Gasteiger charge is 2.34. The molecule has 2 aromatic carbocycles. The van der Waals surface area contributed by atoms with Gasteiger partial charge >= 0.3 is 0 Å². The molecule has 0 aromatic heterocycles. The summed E-state index contributed by atoms with van der Waals surface area (Å²) in [6.45, 7) is 1.31. The number of imide groups is 1. The maximum Gasteiger partial charge on any atom is 0.261 e. The quantitative estimate of drug-likeness (QED) is 0.584. The summed E-state index contributed by atoms with van der Waals surface area (Å²) in [6, 6.07) is 11.7. The zero-order valence-corrected chi connectivity index (χ0v) is 19.9. The molecular formula is C26H29N3O6. The highest BCUT2D eigenvalue weighted by molar-refractivity contribution is 6.21. The number of likely N-dealkylation sites (tertiary alicyclic amines) is 1. The van der Waals surface area contributed by atoms with E-state index in [0.717, 1.165) is 0 Å². The van der Waals surface area contributed by atoms with E-state index < -0.39 is 0 Å². The van der Waals surface area contributed by atoms with E-state index in [0.29, 0.717) is 60.5 Å². The molecule has 4 rings (SSSR count). The number of methoxy groups -OCH3 is 2. The van der Waals surface area contributed by atoms with Crippen molar-refractivity contribution in [1.29, 1.82) is 0 Å². The molecule has 4 amide bonds. The summed E-state index contributed by atoms with van der Waals surface area (Å²) in [7, 11) is 3.06. The lowest BCUT2D eigenvalue weighted by Crippen LogP contribution is -2.46. The molecule has 35 heavy (non-hydrogen) atoms. The zero-order chi connectivity index (χ0) is 24.9. The number of carbonyl (C=O) groups is 4. The minimum atomic E-state index is -0.302. The van der Waals surface area contributed by atoms with E-state index in [1.807, 2.05) is 0 Å². The molecule has 9 nitrogen and oxygen atoms in total. The van der Waals surface area contributed by atoms with Crippen molar-refractivity contribution in [2.45, 2.75) is 31.7 Å². The molecule has 0 saturated carbocycles. The molecule has 0 atom stereocenters. The first-order chi connectivity index (χ1) is 16.9. The summed E-state index contributed by atoms with van der Waals surface area (Å²) in [4.78, 5) is 53.2. The molecular weight excluding hydrogens is 450 g/mol. The van der Waals surface area contributed by atoms with Gasteiger partial charge in [-0.1, -0.05) is 12.1 Å². The standard InChI is InChI=1S/C26H29N3O6/c1-34-21-10-9-17(16-22(21)35-2)24(31)27-18-11-14-28(15-12-18)23(30)8-5-13-29-25(32)19-6-3-4-7-20(19)26(29)33/h3-4,6-7,9-10,16,18H,5,8,11-15H2,1-2H3,(H,27,31). The van der Waals surface area contributed by atoms with E-state index in [4.69, 9.17) is 9.47 Å². The largest absolute Gasteiger partial charge is 0.493 e. The van der Waals surface area contributed by atoms with Crippen molar-refractivity contribution in [2.75, 3.05) is 33.9 Å². The van der Waals surface area contributed by atoms with E-state index in [-0.39, 0.29) is 42.6 Å². The second-order valence-corrected chi connectivity index (χ2v) is 8.61. The fraction of sp³-hybridized carbons (Fsp3) is 0.385. The highest BCUT2D eigenvalue weighted by atomic mass is 16.5. The van der Waals surface area contributed by atoms with Crippen molar-refractivity contribution >= 4 is 23.6 Å². The van der Waals surface area contributed by atoms with Gasteiger partial charge in [0.15, 0.2) is 11.5 Å². The van der Waals surface area contributed by atoms with Gasteiger partial charge in [0.1, 0.15) is 0 Å². The Bertz CT molecular complexity index is 1100. The van der Waals surface area contributed by atoms with Crippen LogP contribution < -0.4 is 14.8 Å². The van der Waals surface area contributed by atoms with Crippen molar-refractivity contribution in [2.24, 2.45) is 0 Å². The molecule has 2 aliphatic rings. The molecule has 0 radical (unpaired) electrons. The molecule has 1 fully saturated rings. The van der Waals surface area contributed by atoms with Gasteiger partial charge in [-0.25, -0.2) is 0 Å². The SMILES string of the molecule is COc1ccc(C(=O)NC2CCN(C(=O)CCCN3C(=O)c4ccccc4C3=O)CC2)cc1OC. The number of benzene rings is 2. The van der Waals surface area contributed by atoms with Gasteiger partial charge in [-0.3, -0.25) is 24.1 Å². The summed E-state index contributed by atoms with van der Waals surface area (Å²) in [5, 5.41) is 3.03. The van der Waals surface area contributed by atoms with E-state index in [2.05, 4.69) is 5.32 Å². The number of fused-ring (bicyclic) bond motifs is 1. The van der Waals surface area contributed by atoms with Crippen molar-refractivity contribution < 1.29 is 28.7 Å². The van der Waals surface area contributed by atoms with Crippen LogP contribution in [0.4, 0.5) is 0 Å². The van der Waals surface area contributed by atoms with E-state index in [1.165, 1.54) is 19.1 Å². The number of hydrogen-bond acceptors (Lipinski definition) is 6. The lowest BCUT2D eigenvalue weighted by Gasteiger charge is -2.32. The fourth-order valence-corrected chi connectivity index (χ4v) is 4.51. The van der Waals surface area contributed by atoms with Gasteiger partial charge in [-0.05, 0) is 49.6 Å². The second kappa shape index (κ2) is 10.6. The van der Waals surface area contributed by atoms with Crippen LogP contribution >= 0.6 is 0 Å². The molecule has 184 valence electrons. The average Bonchev–Trinajstić information content (AvgIpc) is 3.13. The van der Waals surface area contributed by atoms with Crippen LogP contribution in [0.2, 0.25) is 0 Å². The predicted molar refractivity (Wildman–Crippen MR) is 128 cm³/mol. The lowest BCUT2D eigenvalue weighted by atomic mass is 10.0. The van der Waals surface area contributed by atoms with Crippen LogP contribution in [0.1, 0.15) is 56.8 Å². The Morgan fingerprint density at radius 2 is 1.57 bits per heavy atom. The van der Waals surface area contributed by atoms with Crippen LogP contribution in [0.25, 0.3) is 0 Å². The van der Waals surface area contributed by atoms with Gasteiger partial charge in [0.2, 0.25) is 5.91 Å². The molecule has 0 bridgehead atoms. The van der Waals surface area contributed by atoms with Crippen LogP contribution in [0, 0.1) is 0 Å². The molecule has 1 N–H and O–H groups in total. The van der Waals surface area contributed by atoms with E-state index >= 15 is 0 Å². The first kappa shape index (κ1) is 24.3. The molecule has 0 unspecified atom stereocenters. The maximum atomic E-state index is 12.7. The Morgan fingerprint density at radius 3 is 2.17 bits per heavy atom. The molecule has 9 heteroatoms. The summed E-state index contributed by atoms with van der Waals surface area (Å²) in [5.41, 5.74) is 1.32. The van der Waals surface area contributed by atoms with Crippen LogP contribution in [0.5, 0.6) is 11.5 Å². The van der Waals surface area contributed by atoms with Gasteiger partial charge in [0.05, 0.1) is 25.3 Å². The Balaban J connectivity index is 1.21. The summed E-state index contributed by atoms with van der Waals surface area (Å²) >= 11 is 0. The summed E-state index contributed by atoms with van der Waals surface area (Å²) < 4.78 is 10.5. The minimum Gasteiger partial charge on any atom is -0.493 e. The first-order valence-corrected chi connectivity index (χ1v) is 11.7. The average molecular weight is 480 g/mol. The van der Waals surface area contributed by atoms with E-state index in [1.54, 1.807) is 47.4 Å². The van der Waals surface area contributed by atoms with Crippen molar-refractivity contribution in [3.05, 3.63) is 59.2 Å². The van der Waals surface area contributed by atoms with Crippen molar-refractivity contribution in [1.82, 2.24) is 15.1 Å². The fourth-order valence-electron chi connectivity index (χ4n) is 4.51. The number of amides is 4. The normalized spacial score (nSPS) is 15.7. The Kier molecular flexibility index (Phi) is 7.33. The molecule has 1 saturated heterocycles. The van der Waals surface area contributed by atoms with Crippen LogP contribution in [0.15, 0.2) is 42.5 Å². The number of nitrogens with zero attached hydrogens (tertiary/aromatic N) is 2. The topological polar surface area (TPSA) is 105 Å². The molecule has 2 aromatic rings. The highest BCUT2D eigenvalue weighted by Crippen LogP contribution is 2.28. The number of hydrogen-bond donors (Lipinski definition) is 1. The third-order valence-electron chi connectivity index (χ3n) is 6.48. The number of carbonyl (C=O) groups excluding carboxylic acids is 4. The maximum absolute atomic E-state index is 12.7. The van der Waals surface area contributed by atoms with Gasteiger partial charge < -0.3 is 19.7 Å². The minimum absolute atomic E-state index is 0.00808. The number of ether oxygens (including phenoxy) is 2. The lowest BCUT2D eigenvalue weighted by molar-refractivity contribution is -0.132. The predicted octanol–water partition coefficient (Wildman–Crippen LogP) is 2.50. The number of nitrogens with one attached hydrogen (secondary N) is 1. The molecule has 2 heterocycles. The van der Waals surface area contributed by atoms with Crippen LogP contribution in [0.3, 0.4) is 0 Å². The second-order valence-electron chi connectivity index (χ2n) is 8.61. The number of piperidine rings is 1. The number of rotatable bonds is 8. The third kappa shape index (κ3) is 5.13. The van der Waals surface area contributed by atoms with E-state index in [9.17, 15) is 19.2 Å². The van der Waals surface area contributed by atoms with Gasteiger partial charge in [0.25, 0.3) is 17.7 Å². The first-order valence-electron chi connectivity index (χ1n) is 11.7. The molecule has 0 spiro atoms. The van der Waals surface area contributed by atoms with Crippen molar-refractivity contribution in [3.63, 3.8) is 0 Å². The van der Waals surface area contributed by atoms with Gasteiger partial charge in [-0.15, -0.1) is 0 Å². The molecule has 2 aliphatic heterocycles. The third-order valence-corrected chi connectivity index (χ3v) is 6.48. The Labute approximate surface area is 204 Å². The Hall–Kier alpha value is -3.88. The smallest absolute Gasteiger partial charge is 0.261 e. The van der Waals surface area contributed by atoms with Gasteiger partial charge in [0, 0.05) is 37.7 Å². The van der Waals surface area contributed by atoms with Crippen molar-refractivity contribution in [3.8, 4) is 11.5 Å². The zero-order valence-electron chi connectivity index (χ0n) is 19.9.